The number of fused-ring (bicyclic) bond motifs is 3. The minimum atomic E-state index is -1.47. The Balaban J connectivity index is 2.33. The Hall–Kier alpha value is -2.69. The van der Waals surface area contributed by atoms with Crippen LogP contribution in [-0.4, -0.2) is 21.8 Å². The van der Waals surface area contributed by atoms with Crippen LogP contribution in [0.5, 0.6) is 0 Å². The fourth-order valence-corrected chi connectivity index (χ4v) is 2.03. The number of nitrogens with one attached hydrogen (secondary N) is 2. The second kappa shape index (κ2) is 3.66. The number of aromatic nitrogens is 2. The van der Waals surface area contributed by atoms with Gasteiger partial charge in [-0.3, -0.25) is 4.79 Å². The molecule has 3 N–H and O–H groups in total. The van der Waals surface area contributed by atoms with E-state index in [0.717, 1.165) is 21.8 Å². The number of pyridine rings is 1. The smallest absolute Gasteiger partial charge is 0.378 e. The van der Waals surface area contributed by atoms with E-state index in [4.69, 9.17) is 5.11 Å². The number of H-pyrrole nitrogens is 2. The summed E-state index contributed by atoms with van der Waals surface area (Å²) in [5.74, 6) is -2.41. The lowest BCUT2D eigenvalue weighted by molar-refractivity contribution is -0.341. The first kappa shape index (κ1) is 10.5. The minimum Gasteiger partial charge on any atom is -0.475 e. The summed E-state index contributed by atoms with van der Waals surface area (Å²) in [5.41, 5.74) is 1.75. The number of carboxylic acids is 1. The van der Waals surface area contributed by atoms with Crippen LogP contribution in [0.25, 0.3) is 21.8 Å². The molecule has 18 heavy (non-hydrogen) atoms. The fraction of sp³-hybridized carbons (Fsp3) is 0. The van der Waals surface area contributed by atoms with E-state index in [2.05, 4.69) is 9.97 Å². The largest absolute Gasteiger partial charge is 0.475 e. The van der Waals surface area contributed by atoms with Crippen molar-refractivity contribution in [3.05, 3.63) is 42.2 Å². The zero-order valence-electron chi connectivity index (χ0n) is 9.23. The molecular formula is C13H9N2O3+. The van der Waals surface area contributed by atoms with Crippen molar-refractivity contribution in [2.45, 2.75) is 0 Å². The highest BCUT2D eigenvalue weighted by Crippen LogP contribution is 2.21. The third kappa shape index (κ3) is 1.45. The molecule has 3 rings (SSSR count). The SMILES string of the molecule is O=C(O)C(=O)c1ccc2ccc3[nH+]ccc3c2[nH]1. The Labute approximate surface area is 101 Å². The molecule has 0 unspecified atom stereocenters. The fourth-order valence-electron chi connectivity index (χ4n) is 2.03. The molecule has 0 saturated heterocycles. The molecule has 88 valence electrons. The van der Waals surface area contributed by atoms with Crippen LogP contribution in [0.3, 0.4) is 0 Å². The van der Waals surface area contributed by atoms with Crippen LogP contribution in [0.4, 0.5) is 0 Å². The van der Waals surface area contributed by atoms with Gasteiger partial charge in [0.25, 0.3) is 5.78 Å². The number of carboxylic acid groups (broad SMARTS) is 1. The van der Waals surface area contributed by atoms with Gasteiger partial charge in [-0.15, -0.1) is 0 Å². The number of carbonyl (C=O) groups excluding carboxylic acids is 1. The van der Waals surface area contributed by atoms with E-state index in [-0.39, 0.29) is 5.69 Å². The highest BCUT2D eigenvalue weighted by Gasteiger charge is 2.16. The van der Waals surface area contributed by atoms with Crippen molar-refractivity contribution in [2.24, 2.45) is 0 Å². The van der Waals surface area contributed by atoms with Crippen molar-refractivity contribution < 1.29 is 19.7 Å². The van der Waals surface area contributed by atoms with E-state index >= 15 is 0 Å². The molecule has 3 aromatic rings. The summed E-state index contributed by atoms with van der Waals surface area (Å²) in [6, 6.07) is 8.93. The quantitative estimate of drug-likeness (QED) is 0.525. The average molecular weight is 241 g/mol. The summed E-state index contributed by atoms with van der Waals surface area (Å²) in [7, 11) is 0. The average Bonchev–Trinajstić information content (AvgIpc) is 2.85. The van der Waals surface area contributed by atoms with Crippen LogP contribution in [0.1, 0.15) is 10.5 Å². The molecule has 0 aliphatic rings. The zero-order chi connectivity index (χ0) is 12.7. The van der Waals surface area contributed by atoms with Crippen LogP contribution in [-0.2, 0) is 4.79 Å². The number of Topliss-reactive ketones (excluding diaryl/α,β-unsaturated/α-hetero) is 1. The number of benzene rings is 1. The van der Waals surface area contributed by atoms with E-state index < -0.39 is 11.8 Å². The van der Waals surface area contributed by atoms with Gasteiger partial charge in [0.1, 0.15) is 0 Å². The first-order chi connectivity index (χ1) is 8.66. The molecule has 2 aromatic heterocycles. The van der Waals surface area contributed by atoms with Gasteiger partial charge >= 0.3 is 5.97 Å². The zero-order valence-corrected chi connectivity index (χ0v) is 9.23. The van der Waals surface area contributed by atoms with Crippen molar-refractivity contribution in [3.63, 3.8) is 0 Å². The van der Waals surface area contributed by atoms with Crippen LogP contribution >= 0.6 is 0 Å². The Bertz CT molecular complexity index is 789. The van der Waals surface area contributed by atoms with Gasteiger partial charge in [-0.05, 0) is 17.5 Å². The van der Waals surface area contributed by atoms with E-state index in [1.165, 1.54) is 6.07 Å². The predicted molar refractivity (Wildman–Crippen MR) is 64.3 cm³/mol. The molecule has 0 atom stereocenters. The van der Waals surface area contributed by atoms with Crippen LogP contribution in [0, 0.1) is 0 Å². The van der Waals surface area contributed by atoms with Crippen molar-refractivity contribution >= 4 is 33.6 Å². The molecule has 0 bridgehead atoms. The van der Waals surface area contributed by atoms with E-state index in [1.807, 2.05) is 18.2 Å². The van der Waals surface area contributed by atoms with Gasteiger partial charge in [0.2, 0.25) is 5.52 Å². The summed E-state index contributed by atoms with van der Waals surface area (Å²) in [6.07, 6.45) is 1.80. The van der Waals surface area contributed by atoms with Gasteiger partial charge in [0, 0.05) is 12.1 Å². The molecule has 1 aromatic carbocycles. The molecule has 0 radical (unpaired) electrons. The lowest BCUT2D eigenvalue weighted by Crippen LogP contribution is -2.14. The first-order valence-electron chi connectivity index (χ1n) is 5.36. The molecule has 0 aliphatic heterocycles. The van der Waals surface area contributed by atoms with Gasteiger partial charge in [-0.1, -0.05) is 6.07 Å². The molecule has 0 saturated carbocycles. The predicted octanol–water partition coefficient (Wildman–Crippen LogP) is 1.40. The Morgan fingerprint density at radius 1 is 1.11 bits per heavy atom. The maximum Gasteiger partial charge on any atom is 0.378 e. The summed E-state index contributed by atoms with van der Waals surface area (Å²) in [4.78, 5) is 28.0. The number of carbonyl (C=O) groups is 2. The van der Waals surface area contributed by atoms with Crippen molar-refractivity contribution in [2.75, 3.05) is 0 Å². The number of aromatic amines is 2. The lowest BCUT2D eigenvalue weighted by Gasteiger charge is -2.02. The molecule has 0 fully saturated rings. The molecule has 0 aliphatic carbocycles. The summed E-state index contributed by atoms with van der Waals surface area (Å²) in [5, 5.41) is 10.5. The maximum atomic E-state index is 11.4. The molecule has 5 heteroatoms. The van der Waals surface area contributed by atoms with Crippen molar-refractivity contribution in [1.82, 2.24) is 4.98 Å². The number of hydrogen-bond acceptors (Lipinski definition) is 2. The molecule has 2 heterocycles. The van der Waals surface area contributed by atoms with Gasteiger partial charge < -0.3 is 10.1 Å². The van der Waals surface area contributed by atoms with Crippen LogP contribution in [0.15, 0.2) is 36.5 Å². The lowest BCUT2D eigenvalue weighted by atomic mass is 10.1. The molecule has 5 nitrogen and oxygen atoms in total. The Morgan fingerprint density at radius 2 is 1.89 bits per heavy atom. The monoisotopic (exact) mass is 241 g/mol. The number of ketones is 1. The van der Waals surface area contributed by atoms with Gasteiger partial charge in [0.05, 0.1) is 16.6 Å². The van der Waals surface area contributed by atoms with E-state index in [1.54, 1.807) is 12.3 Å². The second-order valence-electron chi connectivity index (χ2n) is 3.97. The maximum absolute atomic E-state index is 11.4. The molecule has 0 spiro atoms. The normalized spacial score (nSPS) is 10.9. The third-order valence-electron chi connectivity index (χ3n) is 2.89. The van der Waals surface area contributed by atoms with Crippen molar-refractivity contribution in [3.8, 4) is 0 Å². The number of aliphatic carboxylic acids is 1. The molecule has 0 amide bonds. The summed E-state index contributed by atoms with van der Waals surface area (Å²) >= 11 is 0. The summed E-state index contributed by atoms with van der Waals surface area (Å²) < 4.78 is 0. The second-order valence-corrected chi connectivity index (χ2v) is 3.97. The third-order valence-corrected chi connectivity index (χ3v) is 2.89. The van der Waals surface area contributed by atoms with Gasteiger partial charge in [-0.25, -0.2) is 9.78 Å². The molecular weight excluding hydrogens is 232 g/mol. The summed E-state index contributed by atoms with van der Waals surface area (Å²) in [6.45, 7) is 0. The highest BCUT2D eigenvalue weighted by atomic mass is 16.4. The van der Waals surface area contributed by atoms with E-state index in [9.17, 15) is 9.59 Å². The standard InChI is InChI=1S/C13H8N2O3/c16-12(13(17)18)10-4-2-7-1-3-9-8(5-6-14-9)11(7)15-10/h1-6,15H,(H,17,18)/p+1. The van der Waals surface area contributed by atoms with Gasteiger partial charge in [-0.2, -0.15) is 0 Å². The van der Waals surface area contributed by atoms with Gasteiger partial charge in [0.15, 0.2) is 6.20 Å². The highest BCUT2D eigenvalue weighted by molar-refractivity contribution is 6.39. The Morgan fingerprint density at radius 3 is 2.67 bits per heavy atom. The minimum absolute atomic E-state index is 0.0729. The Kier molecular flexibility index (Phi) is 2.13. The number of hydrogen-bond donors (Lipinski definition) is 2. The van der Waals surface area contributed by atoms with Crippen LogP contribution in [0.2, 0.25) is 0 Å². The first-order valence-corrected chi connectivity index (χ1v) is 5.36. The van der Waals surface area contributed by atoms with E-state index in [0.29, 0.717) is 0 Å². The van der Waals surface area contributed by atoms with Crippen molar-refractivity contribution in [1.29, 1.82) is 0 Å². The topological polar surface area (TPSA) is 84.3 Å². The number of rotatable bonds is 2. The van der Waals surface area contributed by atoms with Crippen LogP contribution < -0.4 is 4.98 Å².